The Morgan fingerprint density at radius 2 is 1.90 bits per heavy atom. The molecule has 0 atom stereocenters. The highest BCUT2D eigenvalue weighted by molar-refractivity contribution is 7.23. The van der Waals surface area contributed by atoms with E-state index in [0.717, 1.165) is 27.4 Å². The summed E-state index contributed by atoms with van der Waals surface area (Å²) in [5.74, 6) is 0. The van der Waals surface area contributed by atoms with E-state index in [0.29, 0.717) is 0 Å². The summed E-state index contributed by atoms with van der Waals surface area (Å²) in [4.78, 5) is 5.72. The number of benzene rings is 2. The van der Waals surface area contributed by atoms with Crippen LogP contribution in [0.1, 0.15) is 5.56 Å². The van der Waals surface area contributed by atoms with Gasteiger partial charge >= 0.3 is 0 Å². The average Bonchev–Trinajstić information content (AvgIpc) is 2.96. The van der Waals surface area contributed by atoms with Crippen molar-refractivity contribution in [3.8, 4) is 11.3 Å². The fraction of sp³-hybridized carbons (Fsp3) is 0.0625. The van der Waals surface area contributed by atoms with Gasteiger partial charge in [-0.2, -0.15) is 0 Å². The van der Waals surface area contributed by atoms with Crippen molar-refractivity contribution in [2.45, 2.75) is 6.92 Å². The van der Waals surface area contributed by atoms with Crippen LogP contribution in [0, 0.1) is 6.92 Å². The number of thiazole rings is 1. The van der Waals surface area contributed by atoms with Crippen LogP contribution in [0.4, 0.5) is 5.69 Å². The highest BCUT2D eigenvalue weighted by atomic mass is 32.1. The molecule has 4 aromatic rings. The van der Waals surface area contributed by atoms with Crippen molar-refractivity contribution in [3.05, 3.63) is 54.2 Å². The minimum Gasteiger partial charge on any atom is -0.399 e. The summed E-state index contributed by atoms with van der Waals surface area (Å²) in [6.45, 7) is 2.09. The molecule has 0 aliphatic heterocycles. The van der Waals surface area contributed by atoms with Gasteiger partial charge in [-0.15, -0.1) is 0 Å². The summed E-state index contributed by atoms with van der Waals surface area (Å²) in [7, 11) is 0. The van der Waals surface area contributed by atoms with Gasteiger partial charge in [0.15, 0.2) is 4.96 Å². The Morgan fingerprint density at radius 3 is 2.70 bits per heavy atom. The fourth-order valence-corrected chi connectivity index (χ4v) is 3.44. The number of nitrogen functional groups attached to an aromatic ring is 1. The highest BCUT2D eigenvalue weighted by Crippen LogP contribution is 2.30. The normalized spacial score (nSPS) is 11.4. The van der Waals surface area contributed by atoms with E-state index in [-0.39, 0.29) is 0 Å². The van der Waals surface area contributed by atoms with Crippen molar-refractivity contribution >= 4 is 32.2 Å². The van der Waals surface area contributed by atoms with Gasteiger partial charge in [0, 0.05) is 17.4 Å². The zero-order valence-corrected chi connectivity index (χ0v) is 11.8. The second-order valence-corrected chi connectivity index (χ2v) is 5.98. The van der Waals surface area contributed by atoms with E-state index in [9.17, 15) is 0 Å². The molecule has 4 heteroatoms. The Bertz CT molecular complexity index is 916. The molecule has 4 rings (SSSR count). The van der Waals surface area contributed by atoms with E-state index in [1.54, 1.807) is 11.3 Å². The third-order valence-corrected chi connectivity index (χ3v) is 4.48. The lowest BCUT2D eigenvalue weighted by Crippen LogP contribution is -1.83. The first kappa shape index (κ1) is 11.5. The van der Waals surface area contributed by atoms with Crippen molar-refractivity contribution in [2.75, 3.05) is 5.73 Å². The molecule has 0 saturated heterocycles. The van der Waals surface area contributed by atoms with Crippen LogP contribution in [0.5, 0.6) is 0 Å². The first-order valence-electron chi connectivity index (χ1n) is 6.45. The van der Waals surface area contributed by atoms with Crippen molar-refractivity contribution in [3.63, 3.8) is 0 Å². The number of aryl methyl sites for hydroxylation is 1. The molecule has 0 aliphatic rings. The van der Waals surface area contributed by atoms with Crippen molar-refractivity contribution in [1.29, 1.82) is 0 Å². The van der Waals surface area contributed by atoms with Gasteiger partial charge < -0.3 is 5.73 Å². The van der Waals surface area contributed by atoms with Gasteiger partial charge in [-0.25, -0.2) is 4.98 Å². The predicted octanol–water partition coefficient (Wildman–Crippen LogP) is 4.11. The van der Waals surface area contributed by atoms with Crippen molar-refractivity contribution < 1.29 is 0 Å². The lowest BCUT2D eigenvalue weighted by molar-refractivity contribution is 1.30. The first-order valence-corrected chi connectivity index (χ1v) is 7.26. The number of anilines is 1. The van der Waals surface area contributed by atoms with E-state index in [4.69, 9.17) is 10.7 Å². The van der Waals surface area contributed by atoms with E-state index in [2.05, 4.69) is 47.9 Å². The lowest BCUT2D eigenvalue weighted by atomic mass is 10.1. The number of imidazole rings is 1. The molecule has 0 saturated carbocycles. The number of nitrogens with zero attached hydrogens (tertiary/aromatic N) is 2. The zero-order chi connectivity index (χ0) is 13.7. The third-order valence-electron chi connectivity index (χ3n) is 3.47. The molecule has 0 amide bonds. The molecule has 0 bridgehead atoms. The smallest absolute Gasteiger partial charge is 0.195 e. The molecule has 0 unspecified atom stereocenters. The van der Waals surface area contributed by atoms with Crippen LogP contribution >= 0.6 is 11.3 Å². The van der Waals surface area contributed by atoms with Gasteiger partial charge in [0.05, 0.1) is 15.9 Å². The summed E-state index contributed by atoms with van der Waals surface area (Å²) in [5.41, 5.74) is 11.2. The molecule has 0 spiro atoms. The average molecular weight is 279 g/mol. The Morgan fingerprint density at radius 1 is 1.10 bits per heavy atom. The van der Waals surface area contributed by atoms with Crippen LogP contribution in [0.3, 0.4) is 0 Å². The van der Waals surface area contributed by atoms with Gasteiger partial charge in [-0.05, 0) is 25.1 Å². The van der Waals surface area contributed by atoms with Crippen molar-refractivity contribution in [1.82, 2.24) is 9.38 Å². The van der Waals surface area contributed by atoms with E-state index in [1.807, 2.05) is 12.1 Å². The molecule has 0 fully saturated rings. The fourth-order valence-electron chi connectivity index (χ4n) is 2.38. The second-order valence-electron chi connectivity index (χ2n) is 4.97. The number of aromatic nitrogens is 2. The van der Waals surface area contributed by atoms with E-state index < -0.39 is 0 Å². The van der Waals surface area contributed by atoms with Crippen LogP contribution < -0.4 is 5.73 Å². The van der Waals surface area contributed by atoms with Crippen LogP contribution in [0.25, 0.3) is 26.4 Å². The predicted molar refractivity (Wildman–Crippen MR) is 85.2 cm³/mol. The van der Waals surface area contributed by atoms with Crippen LogP contribution in [0.2, 0.25) is 0 Å². The number of nitrogens with two attached hydrogens (primary N) is 1. The lowest BCUT2D eigenvalue weighted by Gasteiger charge is -1.97. The molecule has 0 aliphatic carbocycles. The van der Waals surface area contributed by atoms with Gasteiger partial charge in [0.1, 0.15) is 0 Å². The second kappa shape index (κ2) is 4.08. The standard InChI is InChI=1S/C16H13N3S/c1-10-2-4-11(5-3-10)13-9-19-14-7-6-12(17)8-15(14)20-16(19)18-13/h2-9H,17H2,1H3. The summed E-state index contributed by atoms with van der Waals surface area (Å²) in [6, 6.07) is 14.4. The first-order chi connectivity index (χ1) is 9.70. The summed E-state index contributed by atoms with van der Waals surface area (Å²) in [5, 5.41) is 0. The van der Waals surface area contributed by atoms with E-state index >= 15 is 0 Å². The highest BCUT2D eigenvalue weighted by Gasteiger charge is 2.10. The molecule has 98 valence electrons. The summed E-state index contributed by atoms with van der Waals surface area (Å²) >= 11 is 1.67. The third kappa shape index (κ3) is 1.69. The number of hydrogen-bond donors (Lipinski definition) is 1. The minimum absolute atomic E-state index is 0.792. The molecule has 2 aromatic heterocycles. The molecule has 3 nitrogen and oxygen atoms in total. The maximum Gasteiger partial charge on any atom is 0.195 e. The van der Waals surface area contributed by atoms with Crippen LogP contribution in [-0.4, -0.2) is 9.38 Å². The molecule has 2 heterocycles. The molecule has 2 aromatic carbocycles. The molecular weight excluding hydrogens is 266 g/mol. The van der Waals surface area contributed by atoms with Crippen LogP contribution in [-0.2, 0) is 0 Å². The van der Waals surface area contributed by atoms with Gasteiger partial charge in [-0.3, -0.25) is 4.40 Å². The molecule has 2 N–H and O–H groups in total. The largest absolute Gasteiger partial charge is 0.399 e. The van der Waals surface area contributed by atoms with E-state index in [1.165, 1.54) is 10.3 Å². The van der Waals surface area contributed by atoms with Gasteiger partial charge in [0.2, 0.25) is 0 Å². The topological polar surface area (TPSA) is 43.3 Å². The molecule has 0 radical (unpaired) electrons. The molecule has 20 heavy (non-hydrogen) atoms. The van der Waals surface area contributed by atoms with Crippen LogP contribution in [0.15, 0.2) is 48.7 Å². The zero-order valence-electron chi connectivity index (χ0n) is 11.0. The Kier molecular flexibility index (Phi) is 2.35. The Labute approximate surface area is 120 Å². The minimum atomic E-state index is 0.792. The Balaban J connectivity index is 1.93. The van der Waals surface area contributed by atoms with Crippen molar-refractivity contribution in [2.24, 2.45) is 0 Å². The monoisotopic (exact) mass is 279 g/mol. The summed E-state index contributed by atoms with van der Waals surface area (Å²) < 4.78 is 3.30. The maximum absolute atomic E-state index is 5.83. The summed E-state index contributed by atoms with van der Waals surface area (Å²) in [6.07, 6.45) is 2.09. The van der Waals surface area contributed by atoms with Gasteiger partial charge in [0.25, 0.3) is 0 Å². The molecular formula is C16H13N3S. The number of rotatable bonds is 1. The SMILES string of the molecule is Cc1ccc(-c2cn3c(n2)sc2cc(N)ccc23)cc1. The maximum atomic E-state index is 5.83. The quantitative estimate of drug-likeness (QED) is 0.533. The number of fused-ring (bicyclic) bond motifs is 3. The number of hydrogen-bond acceptors (Lipinski definition) is 3. The Hall–Kier alpha value is -2.33. The van der Waals surface area contributed by atoms with Gasteiger partial charge in [-0.1, -0.05) is 41.2 Å².